The van der Waals surface area contributed by atoms with E-state index in [9.17, 15) is 8.42 Å². The van der Waals surface area contributed by atoms with Gasteiger partial charge in [0.25, 0.3) is 10.2 Å². The van der Waals surface area contributed by atoms with E-state index in [1.165, 1.54) is 4.31 Å². The third-order valence-corrected chi connectivity index (χ3v) is 5.92. The van der Waals surface area contributed by atoms with Crippen LogP contribution in [0.1, 0.15) is 31.6 Å². The van der Waals surface area contributed by atoms with Crippen molar-refractivity contribution < 1.29 is 17.6 Å². The Balaban J connectivity index is 1.83. The largest absolute Gasteiger partial charge is 0.468 e. The van der Waals surface area contributed by atoms with Crippen LogP contribution in [0.15, 0.2) is 22.8 Å². The molecule has 2 atom stereocenters. The van der Waals surface area contributed by atoms with E-state index in [4.69, 9.17) is 9.15 Å². The standard InChI is InChI=1S/C13H20N2O4S/c1-11-10-14(7-9-18-11)20(16,17)15-6-2-4-12(15)13-5-3-8-19-13/h3,5,8,11-12H,2,4,6-7,9-10H2,1H3/t11-,12-/m1/s1. The van der Waals surface area contributed by atoms with Crippen molar-refractivity contribution in [2.75, 3.05) is 26.2 Å². The van der Waals surface area contributed by atoms with E-state index in [2.05, 4.69) is 0 Å². The molecule has 0 unspecified atom stereocenters. The zero-order valence-electron chi connectivity index (χ0n) is 11.6. The summed E-state index contributed by atoms with van der Waals surface area (Å²) in [5.74, 6) is 0.729. The van der Waals surface area contributed by atoms with Gasteiger partial charge in [-0.15, -0.1) is 0 Å². The minimum absolute atomic E-state index is 0.0526. The summed E-state index contributed by atoms with van der Waals surface area (Å²) in [5.41, 5.74) is 0. The maximum absolute atomic E-state index is 12.8. The monoisotopic (exact) mass is 300 g/mol. The normalized spacial score (nSPS) is 29.9. The van der Waals surface area contributed by atoms with Gasteiger partial charge in [0, 0.05) is 19.6 Å². The topological polar surface area (TPSA) is 63.0 Å². The molecular formula is C13H20N2O4S. The lowest BCUT2D eigenvalue weighted by molar-refractivity contribution is 0.00802. The highest BCUT2D eigenvalue weighted by Gasteiger charge is 2.41. The molecule has 112 valence electrons. The Morgan fingerprint density at radius 3 is 2.90 bits per heavy atom. The molecule has 1 aromatic heterocycles. The van der Waals surface area contributed by atoms with Gasteiger partial charge in [0.05, 0.1) is 25.0 Å². The molecule has 0 amide bonds. The SMILES string of the molecule is C[C@@H]1CN(S(=O)(=O)N2CCC[C@@H]2c2ccco2)CCO1. The van der Waals surface area contributed by atoms with Crippen molar-refractivity contribution in [3.8, 4) is 0 Å². The van der Waals surface area contributed by atoms with Crippen molar-refractivity contribution in [3.05, 3.63) is 24.2 Å². The Morgan fingerprint density at radius 2 is 2.20 bits per heavy atom. The summed E-state index contributed by atoms with van der Waals surface area (Å²) in [6, 6.07) is 3.48. The Hall–Kier alpha value is -0.890. The molecule has 2 aliphatic heterocycles. The van der Waals surface area contributed by atoms with E-state index in [-0.39, 0.29) is 12.1 Å². The summed E-state index contributed by atoms with van der Waals surface area (Å²) in [7, 11) is -3.44. The van der Waals surface area contributed by atoms with Crippen molar-refractivity contribution >= 4 is 10.2 Å². The third kappa shape index (κ3) is 2.50. The van der Waals surface area contributed by atoms with Crippen LogP contribution in [0.3, 0.4) is 0 Å². The van der Waals surface area contributed by atoms with Gasteiger partial charge >= 0.3 is 0 Å². The Kier molecular flexibility index (Phi) is 3.85. The van der Waals surface area contributed by atoms with Crippen LogP contribution in [-0.4, -0.2) is 49.4 Å². The minimum Gasteiger partial charge on any atom is -0.468 e. The second-order valence-corrected chi connectivity index (χ2v) is 7.21. The van der Waals surface area contributed by atoms with E-state index in [0.29, 0.717) is 26.2 Å². The quantitative estimate of drug-likeness (QED) is 0.846. The highest BCUT2D eigenvalue weighted by atomic mass is 32.2. The van der Waals surface area contributed by atoms with Crippen LogP contribution in [0.25, 0.3) is 0 Å². The van der Waals surface area contributed by atoms with Gasteiger partial charge in [-0.05, 0) is 31.9 Å². The molecule has 6 nitrogen and oxygen atoms in total. The maximum atomic E-state index is 12.8. The summed E-state index contributed by atoms with van der Waals surface area (Å²) in [4.78, 5) is 0. The first-order valence-electron chi connectivity index (χ1n) is 7.01. The summed E-state index contributed by atoms with van der Waals surface area (Å²) >= 11 is 0. The van der Waals surface area contributed by atoms with Crippen molar-refractivity contribution in [1.29, 1.82) is 0 Å². The van der Waals surface area contributed by atoms with E-state index in [0.717, 1.165) is 18.6 Å². The fourth-order valence-corrected chi connectivity index (χ4v) is 4.82. The second kappa shape index (κ2) is 5.48. The van der Waals surface area contributed by atoms with E-state index in [1.807, 2.05) is 13.0 Å². The fraction of sp³-hybridized carbons (Fsp3) is 0.692. The average molecular weight is 300 g/mol. The van der Waals surface area contributed by atoms with Gasteiger partial charge in [0.15, 0.2) is 0 Å². The van der Waals surface area contributed by atoms with Crippen molar-refractivity contribution in [2.24, 2.45) is 0 Å². The molecule has 3 rings (SSSR count). The van der Waals surface area contributed by atoms with Crippen molar-refractivity contribution in [2.45, 2.75) is 31.9 Å². The van der Waals surface area contributed by atoms with Crippen LogP contribution in [0, 0.1) is 0 Å². The third-order valence-electron chi connectivity index (χ3n) is 3.90. The summed E-state index contributed by atoms with van der Waals surface area (Å²) in [6.07, 6.45) is 3.22. The maximum Gasteiger partial charge on any atom is 0.282 e. The van der Waals surface area contributed by atoms with E-state index >= 15 is 0 Å². The molecule has 0 bridgehead atoms. The summed E-state index contributed by atoms with van der Waals surface area (Å²) in [5, 5.41) is 0. The lowest BCUT2D eigenvalue weighted by Crippen LogP contribution is -2.50. The number of rotatable bonds is 3. The molecule has 1 aromatic rings. The lowest BCUT2D eigenvalue weighted by atomic mass is 10.2. The Bertz CT molecular complexity index is 543. The number of hydrogen-bond acceptors (Lipinski definition) is 4. The van der Waals surface area contributed by atoms with Crippen LogP contribution in [-0.2, 0) is 14.9 Å². The van der Waals surface area contributed by atoms with Crippen molar-refractivity contribution in [1.82, 2.24) is 8.61 Å². The molecule has 7 heteroatoms. The predicted octanol–water partition coefficient (Wildman–Crippen LogP) is 1.38. The summed E-state index contributed by atoms with van der Waals surface area (Å²) < 4.78 is 39.5. The molecule has 0 saturated carbocycles. The molecule has 20 heavy (non-hydrogen) atoms. The molecule has 0 aromatic carbocycles. The molecule has 0 spiro atoms. The van der Waals surface area contributed by atoms with Gasteiger partial charge in [-0.25, -0.2) is 0 Å². The Morgan fingerprint density at radius 1 is 1.35 bits per heavy atom. The highest BCUT2D eigenvalue weighted by Crippen LogP contribution is 2.35. The number of ether oxygens (including phenoxy) is 1. The van der Waals surface area contributed by atoms with Crippen LogP contribution in [0.2, 0.25) is 0 Å². The van der Waals surface area contributed by atoms with Gasteiger partial charge in [-0.2, -0.15) is 17.0 Å². The molecule has 3 heterocycles. The summed E-state index contributed by atoms with van der Waals surface area (Å²) in [6.45, 7) is 3.76. The molecule has 2 fully saturated rings. The van der Waals surface area contributed by atoms with E-state index in [1.54, 1.807) is 16.6 Å². The second-order valence-electron chi connectivity index (χ2n) is 5.33. The predicted molar refractivity (Wildman–Crippen MR) is 73.3 cm³/mol. The minimum atomic E-state index is -3.44. The molecule has 0 aliphatic carbocycles. The zero-order valence-corrected chi connectivity index (χ0v) is 12.4. The first-order valence-corrected chi connectivity index (χ1v) is 8.40. The van der Waals surface area contributed by atoms with Crippen LogP contribution >= 0.6 is 0 Å². The number of morpholine rings is 1. The smallest absolute Gasteiger partial charge is 0.282 e. The molecule has 0 N–H and O–H groups in total. The van der Waals surface area contributed by atoms with Gasteiger partial charge < -0.3 is 9.15 Å². The number of nitrogens with zero attached hydrogens (tertiary/aromatic N) is 2. The molecule has 2 aliphatic rings. The Labute approximate surface area is 119 Å². The zero-order chi connectivity index (χ0) is 14.2. The first kappa shape index (κ1) is 14.1. The van der Waals surface area contributed by atoms with Crippen LogP contribution in [0.4, 0.5) is 0 Å². The first-order chi connectivity index (χ1) is 9.59. The highest BCUT2D eigenvalue weighted by molar-refractivity contribution is 7.86. The molecular weight excluding hydrogens is 280 g/mol. The number of furan rings is 1. The fourth-order valence-electron chi connectivity index (χ4n) is 2.93. The molecule has 2 saturated heterocycles. The van der Waals surface area contributed by atoms with Gasteiger partial charge in [0.2, 0.25) is 0 Å². The van der Waals surface area contributed by atoms with E-state index < -0.39 is 10.2 Å². The molecule has 0 radical (unpaired) electrons. The lowest BCUT2D eigenvalue weighted by Gasteiger charge is -2.34. The number of hydrogen-bond donors (Lipinski definition) is 0. The van der Waals surface area contributed by atoms with Crippen molar-refractivity contribution in [3.63, 3.8) is 0 Å². The van der Waals surface area contributed by atoms with Gasteiger partial charge in [-0.1, -0.05) is 0 Å². The van der Waals surface area contributed by atoms with Gasteiger partial charge in [0.1, 0.15) is 5.76 Å². The van der Waals surface area contributed by atoms with Crippen LogP contribution in [0.5, 0.6) is 0 Å². The van der Waals surface area contributed by atoms with Crippen LogP contribution < -0.4 is 0 Å². The average Bonchev–Trinajstić information content (AvgIpc) is 3.09. The van der Waals surface area contributed by atoms with Gasteiger partial charge in [-0.3, -0.25) is 0 Å².